The lowest BCUT2D eigenvalue weighted by Crippen LogP contribution is -2.38. The first-order valence-corrected chi connectivity index (χ1v) is 8.70. The van der Waals surface area contributed by atoms with Crippen molar-refractivity contribution in [3.63, 3.8) is 0 Å². The van der Waals surface area contributed by atoms with Crippen molar-refractivity contribution in [2.75, 3.05) is 26.4 Å². The normalized spacial score (nSPS) is 12.4. The third-order valence-corrected chi connectivity index (χ3v) is 3.85. The van der Waals surface area contributed by atoms with E-state index in [1.54, 1.807) is 18.4 Å². The van der Waals surface area contributed by atoms with E-state index in [0.717, 1.165) is 12.8 Å². The van der Waals surface area contributed by atoms with Gasteiger partial charge in [0.05, 0.1) is 12.8 Å². The lowest BCUT2D eigenvalue weighted by molar-refractivity contribution is 0.584. The molecule has 0 spiro atoms. The van der Waals surface area contributed by atoms with Gasteiger partial charge in [-0.05, 0) is 17.9 Å². The molecule has 19 heavy (non-hydrogen) atoms. The highest BCUT2D eigenvalue weighted by Crippen LogP contribution is 2.06. The van der Waals surface area contributed by atoms with Crippen LogP contribution in [0.15, 0.2) is 22.5 Å². The Morgan fingerprint density at radius 2 is 2.16 bits per heavy atom. The Balaban J connectivity index is 2.15. The van der Waals surface area contributed by atoms with Crippen LogP contribution in [0.2, 0.25) is 0 Å². The van der Waals surface area contributed by atoms with Gasteiger partial charge in [-0.25, -0.2) is 13.1 Å². The first-order valence-electron chi connectivity index (χ1n) is 5.93. The maximum atomic E-state index is 10.9. The quantitative estimate of drug-likeness (QED) is 0.386. The number of nitrogens with one attached hydrogen (secondary N) is 3. The van der Waals surface area contributed by atoms with Crippen LogP contribution in [0.1, 0.15) is 11.3 Å². The molecule has 1 aromatic rings. The molecule has 1 rings (SSSR count). The number of thiophene rings is 1. The summed E-state index contributed by atoms with van der Waals surface area (Å²) >= 11 is 1.69. The van der Waals surface area contributed by atoms with Crippen molar-refractivity contribution in [2.45, 2.75) is 13.0 Å². The van der Waals surface area contributed by atoms with E-state index in [1.165, 1.54) is 4.88 Å². The van der Waals surface area contributed by atoms with Crippen molar-refractivity contribution in [3.05, 3.63) is 22.4 Å². The average Bonchev–Trinajstić information content (AvgIpc) is 2.84. The van der Waals surface area contributed by atoms with Crippen LogP contribution in [-0.2, 0) is 16.6 Å². The highest BCUT2D eigenvalue weighted by atomic mass is 32.2. The number of hydrogen-bond acceptors (Lipinski definition) is 4. The van der Waals surface area contributed by atoms with Gasteiger partial charge in [-0.1, -0.05) is 6.07 Å². The van der Waals surface area contributed by atoms with Crippen LogP contribution in [0.25, 0.3) is 0 Å². The van der Waals surface area contributed by atoms with Gasteiger partial charge >= 0.3 is 0 Å². The Morgan fingerprint density at radius 3 is 2.74 bits per heavy atom. The van der Waals surface area contributed by atoms with Crippen molar-refractivity contribution < 1.29 is 8.42 Å². The molecule has 0 bridgehead atoms. The second-order valence-electron chi connectivity index (χ2n) is 3.95. The van der Waals surface area contributed by atoms with Gasteiger partial charge in [-0.15, -0.1) is 11.3 Å². The molecule has 0 aliphatic rings. The monoisotopic (exact) mass is 304 g/mol. The summed E-state index contributed by atoms with van der Waals surface area (Å²) in [4.78, 5) is 5.33. The Hall–Kier alpha value is -1.12. The van der Waals surface area contributed by atoms with E-state index in [-0.39, 0.29) is 0 Å². The SMILES string of the molecule is CN=C(NCCCNS(C)(=O)=O)NCc1cccs1. The standard InChI is InChI=1S/C11H20N4O2S2/c1-12-11(14-9-10-5-3-8-18-10)13-6-4-7-15-19(2,16)17/h3,5,8,15H,4,6-7,9H2,1-2H3,(H2,12,13,14). The third kappa shape index (κ3) is 7.81. The molecule has 108 valence electrons. The second kappa shape index (κ2) is 8.13. The third-order valence-electron chi connectivity index (χ3n) is 2.24. The average molecular weight is 304 g/mol. The lowest BCUT2D eigenvalue weighted by atomic mass is 10.4. The van der Waals surface area contributed by atoms with Crippen LogP contribution < -0.4 is 15.4 Å². The summed E-state index contributed by atoms with van der Waals surface area (Å²) in [6.45, 7) is 1.82. The fourth-order valence-corrected chi connectivity index (χ4v) is 2.52. The number of guanidine groups is 1. The smallest absolute Gasteiger partial charge is 0.208 e. The summed E-state index contributed by atoms with van der Waals surface area (Å²) in [6.07, 6.45) is 1.86. The number of sulfonamides is 1. The Morgan fingerprint density at radius 1 is 1.37 bits per heavy atom. The number of hydrogen-bond donors (Lipinski definition) is 3. The van der Waals surface area contributed by atoms with Crippen LogP contribution in [0.4, 0.5) is 0 Å². The van der Waals surface area contributed by atoms with E-state index < -0.39 is 10.0 Å². The van der Waals surface area contributed by atoms with E-state index in [2.05, 4.69) is 26.4 Å². The highest BCUT2D eigenvalue weighted by molar-refractivity contribution is 7.88. The molecule has 0 aliphatic carbocycles. The molecule has 0 saturated carbocycles. The molecular weight excluding hydrogens is 284 g/mol. The minimum Gasteiger partial charge on any atom is -0.356 e. The minimum absolute atomic E-state index is 0.424. The maximum absolute atomic E-state index is 10.9. The number of aliphatic imine (C=N–C) groups is 1. The van der Waals surface area contributed by atoms with Gasteiger partial charge in [0.1, 0.15) is 0 Å². The van der Waals surface area contributed by atoms with Gasteiger partial charge in [-0.3, -0.25) is 4.99 Å². The van der Waals surface area contributed by atoms with E-state index in [9.17, 15) is 8.42 Å². The zero-order valence-corrected chi connectivity index (χ0v) is 12.8. The van der Waals surface area contributed by atoms with Gasteiger partial charge in [0.25, 0.3) is 0 Å². The molecule has 0 fully saturated rings. The van der Waals surface area contributed by atoms with Gasteiger partial charge in [-0.2, -0.15) is 0 Å². The molecule has 0 amide bonds. The Labute approximate surface area is 118 Å². The fraction of sp³-hybridized carbons (Fsp3) is 0.545. The molecule has 0 radical (unpaired) electrons. The summed E-state index contributed by atoms with van der Waals surface area (Å²) < 4.78 is 24.1. The molecule has 1 aromatic heterocycles. The van der Waals surface area contributed by atoms with Crippen molar-refractivity contribution >= 4 is 27.3 Å². The molecule has 0 saturated heterocycles. The first-order chi connectivity index (χ1) is 9.01. The summed E-state index contributed by atoms with van der Waals surface area (Å²) in [5, 5.41) is 8.35. The summed E-state index contributed by atoms with van der Waals surface area (Å²) in [7, 11) is -1.39. The molecule has 3 N–H and O–H groups in total. The minimum atomic E-state index is -3.09. The van der Waals surface area contributed by atoms with Crippen molar-refractivity contribution in [2.24, 2.45) is 4.99 Å². The second-order valence-corrected chi connectivity index (χ2v) is 6.82. The zero-order valence-electron chi connectivity index (χ0n) is 11.1. The largest absolute Gasteiger partial charge is 0.356 e. The molecular formula is C11H20N4O2S2. The maximum Gasteiger partial charge on any atom is 0.208 e. The van der Waals surface area contributed by atoms with Crippen LogP contribution in [-0.4, -0.2) is 40.8 Å². The first kappa shape index (κ1) is 15.9. The molecule has 1 heterocycles. The summed E-state index contributed by atoms with van der Waals surface area (Å²) in [6, 6.07) is 4.07. The van der Waals surface area contributed by atoms with Crippen molar-refractivity contribution in [1.82, 2.24) is 15.4 Å². The van der Waals surface area contributed by atoms with E-state index >= 15 is 0 Å². The van der Waals surface area contributed by atoms with Gasteiger partial charge in [0.15, 0.2) is 5.96 Å². The predicted molar refractivity (Wildman–Crippen MR) is 80.0 cm³/mol. The highest BCUT2D eigenvalue weighted by Gasteiger charge is 2.00. The van der Waals surface area contributed by atoms with Gasteiger partial charge in [0.2, 0.25) is 10.0 Å². The van der Waals surface area contributed by atoms with Gasteiger partial charge in [0, 0.05) is 25.0 Å². The van der Waals surface area contributed by atoms with Crippen molar-refractivity contribution in [1.29, 1.82) is 0 Å². The molecule has 0 aliphatic heterocycles. The predicted octanol–water partition coefficient (Wildman–Crippen LogP) is 0.352. The van der Waals surface area contributed by atoms with E-state index in [4.69, 9.17) is 0 Å². The number of rotatable bonds is 7. The van der Waals surface area contributed by atoms with Crippen LogP contribution in [0.5, 0.6) is 0 Å². The lowest BCUT2D eigenvalue weighted by Gasteiger charge is -2.11. The van der Waals surface area contributed by atoms with Gasteiger partial charge < -0.3 is 10.6 Å². The summed E-state index contributed by atoms with van der Waals surface area (Å²) in [5.41, 5.74) is 0. The topological polar surface area (TPSA) is 82.6 Å². The van der Waals surface area contributed by atoms with E-state index in [1.807, 2.05) is 11.4 Å². The molecule has 8 heteroatoms. The molecule has 0 aromatic carbocycles. The van der Waals surface area contributed by atoms with Crippen LogP contribution >= 0.6 is 11.3 Å². The zero-order chi connectivity index (χ0) is 14.1. The molecule has 0 atom stereocenters. The fourth-order valence-electron chi connectivity index (χ4n) is 1.36. The van der Waals surface area contributed by atoms with Crippen LogP contribution in [0, 0.1) is 0 Å². The van der Waals surface area contributed by atoms with Crippen molar-refractivity contribution in [3.8, 4) is 0 Å². The summed E-state index contributed by atoms with van der Waals surface area (Å²) in [5.74, 6) is 0.716. The number of nitrogens with zero attached hydrogens (tertiary/aromatic N) is 1. The van der Waals surface area contributed by atoms with Crippen LogP contribution in [0.3, 0.4) is 0 Å². The Bertz CT molecular complexity index is 483. The van der Waals surface area contributed by atoms with E-state index in [0.29, 0.717) is 25.5 Å². The molecule has 6 nitrogen and oxygen atoms in total. The molecule has 0 unspecified atom stereocenters. The Kier molecular flexibility index (Phi) is 6.82.